The van der Waals surface area contributed by atoms with Crippen molar-refractivity contribution >= 4 is 9.84 Å². The van der Waals surface area contributed by atoms with Gasteiger partial charge in [-0.2, -0.15) is 0 Å². The van der Waals surface area contributed by atoms with Crippen LogP contribution in [0.3, 0.4) is 0 Å². The third-order valence-corrected chi connectivity index (χ3v) is 4.45. The van der Waals surface area contributed by atoms with Crippen LogP contribution in [0.25, 0.3) is 0 Å². The van der Waals surface area contributed by atoms with Crippen molar-refractivity contribution in [3.05, 3.63) is 0 Å². The molecule has 1 N–H and O–H groups in total. The lowest BCUT2D eigenvalue weighted by Crippen LogP contribution is -2.53. The molecule has 1 unspecified atom stereocenters. The van der Waals surface area contributed by atoms with Crippen molar-refractivity contribution in [2.24, 2.45) is 0 Å². The van der Waals surface area contributed by atoms with Gasteiger partial charge in [0.05, 0.1) is 11.5 Å². The summed E-state index contributed by atoms with van der Waals surface area (Å²) >= 11 is 0. The van der Waals surface area contributed by atoms with Gasteiger partial charge in [0, 0.05) is 25.7 Å². The Morgan fingerprint density at radius 3 is 2.38 bits per heavy atom. The van der Waals surface area contributed by atoms with Gasteiger partial charge in [0.15, 0.2) is 9.84 Å². The van der Waals surface area contributed by atoms with E-state index in [2.05, 4.69) is 10.2 Å². The van der Waals surface area contributed by atoms with E-state index in [4.69, 9.17) is 0 Å². The van der Waals surface area contributed by atoms with Crippen molar-refractivity contribution in [2.75, 3.05) is 37.7 Å². The van der Waals surface area contributed by atoms with E-state index in [9.17, 15) is 8.42 Å². The molecule has 5 heteroatoms. The molecule has 0 aromatic heterocycles. The SMILES string of the molecule is O=S1(=O)CCN(CC2CCN2)CC1. The molecule has 1 atom stereocenters. The van der Waals surface area contributed by atoms with E-state index in [0.717, 1.165) is 26.2 Å². The van der Waals surface area contributed by atoms with Crippen LogP contribution < -0.4 is 5.32 Å². The van der Waals surface area contributed by atoms with Crippen molar-refractivity contribution in [3.63, 3.8) is 0 Å². The molecule has 2 fully saturated rings. The molecule has 0 bridgehead atoms. The van der Waals surface area contributed by atoms with Gasteiger partial charge in [-0.3, -0.25) is 4.90 Å². The molecule has 0 amide bonds. The molecule has 4 nitrogen and oxygen atoms in total. The van der Waals surface area contributed by atoms with E-state index < -0.39 is 9.84 Å². The first kappa shape index (κ1) is 9.43. The summed E-state index contributed by atoms with van der Waals surface area (Å²) in [4.78, 5) is 2.25. The zero-order valence-electron chi connectivity index (χ0n) is 7.70. The normalized spacial score (nSPS) is 34.0. The molecule has 0 aromatic rings. The lowest BCUT2D eigenvalue weighted by Gasteiger charge is -2.35. The minimum Gasteiger partial charge on any atom is -0.313 e. The molecule has 2 aliphatic heterocycles. The van der Waals surface area contributed by atoms with Crippen LogP contribution in [0.2, 0.25) is 0 Å². The zero-order chi connectivity index (χ0) is 9.31. The quantitative estimate of drug-likeness (QED) is 0.632. The smallest absolute Gasteiger partial charge is 0.152 e. The van der Waals surface area contributed by atoms with E-state index in [1.54, 1.807) is 0 Å². The van der Waals surface area contributed by atoms with Gasteiger partial charge in [-0.25, -0.2) is 8.42 Å². The average molecular weight is 204 g/mol. The minimum atomic E-state index is -2.70. The summed E-state index contributed by atoms with van der Waals surface area (Å²) < 4.78 is 22.2. The highest BCUT2D eigenvalue weighted by Gasteiger charge is 2.25. The Hall–Kier alpha value is -0.130. The fourth-order valence-corrected chi connectivity index (χ4v) is 3.03. The standard InChI is InChI=1S/C8H16N2O2S/c11-13(12)5-3-10(4-6-13)7-8-1-2-9-8/h8-9H,1-7H2. The summed E-state index contributed by atoms with van der Waals surface area (Å²) in [7, 11) is -2.70. The van der Waals surface area contributed by atoms with Gasteiger partial charge in [0.25, 0.3) is 0 Å². The van der Waals surface area contributed by atoms with Crippen LogP contribution in [0.5, 0.6) is 0 Å². The second-order valence-electron chi connectivity index (χ2n) is 3.89. The van der Waals surface area contributed by atoms with Gasteiger partial charge in [-0.15, -0.1) is 0 Å². The maximum Gasteiger partial charge on any atom is 0.152 e. The molecule has 0 spiro atoms. The van der Waals surface area contributed by atoms with Crippen LogP contribution in [0.4, 0.5) is 0 Å². The van der Waals surface area contributed by atoms with Crippen LogP contribution in [-0.4, -0.2) is 57.0 Å². The molecule has 2 aliphatic rings. The first-order chi connectivity index (χ1) is 6.16. The zero-order valence-corrected chi connectivity index (χ0v) is 8.52. The van der Waals surface area contributed by atoms with Crippen molar-refractivity contribution in [1.82, 2.24) is 10.2 Å². The van der Waals surface area contributed by atoms with Gasteiger partial charge >= 0.3 is 0 Å². The van der Waals surface area contributed by atoms with Crippen LogP contribution in [0.15, 0.2) is 0 Å². The van der Waals surface area contributed by atoms with Crippen LogP contribution in [-0.2, 0) is 9.84 Å². The summed E-state index contributed by atoms with van der Waals surface area (Å²) in [6, 6.07) is 0.612. The van der Waals surface area contributed by atoms with E-state index >= 15 is 0 Å². The lowest BCUT2D eigenvalue weighted by molar-refractivity contribution is 0.220. The highest BCUT2D eigenvalue weighted by molar-refractivity contribution is 7.91. The van der Waals surface area contributed by atoms with Gasteiger partial charge in [0.2, 0.25) is 0 Å². The first-order valence-corrected chi connectivity index (χ1v) is 6.64. The second-order valence-corrected chi connectivity index (χ2v) is 6.20. The second kappa shape index (κ2) is 3.55. The van der Waals surface area contributed by atoms with Crippen molar-refractivity contribution < 1.29 is 8.42 Å². The number of nitrogens with one attached hydrogen (secondary N) is 1. The maximum absolute atomic E-state index is 11.1. The third kappa shape index (κ3) is 2.42. The number of nitrogens with zero attached hydrogens (tertiary/aromatic N) is 1. The predicted molar refractivity (Wildman–Crippen MR) is 51.5 cm³/mol. The van der Waals surface area contributed by atoms with E-state index in [1.165, 1.54) is 6.42 Å². The van der Waals surface area contributed by atoms with Crippen molar-refractivity contribution in [1.29, 1.82) is 0 Å². The molecule has 2 rings (SSSR count). The highest BCUT2D eigenvalue weighted by Crippen LogP contribution is 2.08. The molecule has 2 saturated heterocycles. The molecule has 0 aromatic carbocycles. The lowest BCUT2D eigenvalue weighted by atomic mass is 10.1. The van der Waals surface area contributed by atoms with Gasteiger partial charge < -0.3 is 5.32 Å². The Kier molecular flexibility index (Phi) is 2.58. The van der Waals surface area contributed by atoms with Gasteiger partial charge in [-0.05, 0) is 13.0 Å². The summed E-state index contributed by atoms with van der Waals surface area (Å²) in [5.74, 6) is 0.694. The third-order valence-electron chi connectivity index (χ3n) is 2.84. The predicted octanol–water partition coefficient (Wildman–Crippen LogP) is -0.921. The summed E-state index contributed by atoms with van der Waals surface area (Å²) in [6.07, 6.45) is 1.24. The fourth-order valence-electron chi connectivity index (χ4n) is 1.75. The largest absolute Gasteiger partial charge is 0.313 e. The topological polar surface area (TPSA) is 49.4 Å². The Balaban J connectivity index is 1.77. The van der Waals surface area contributed by atoms with E-state index in [-0.39, 0.29) is 0 Å². The van der Waals surface area contributed by atoms with Crippen molar-refractivity contribution in [3.8, 4) is 0 Å². The molecule has 76 valence electrons. The van der Waals surface area contributed by atoms with Crippen LogP contribution in [0.1, 0.15) is 6.42 Å². The number of sulfone groups is 1. The molecule has 0 saturated carbocycles. The molecule has 13 heavy (non-hydrogen) atoms. The van der Waals surface area contributed by atoms with Crippen LogP contribution >= 0.6 is 0 Å². The van der Waals surface area contributed by atoms with E-state index in [1.807, 2.05) is 0 Å². The molecule has 2 heterocycles. The summed E-state index contributed by atoms with van der Waals surface area (Å²) in [6.45, 7) is 3.59. The molecule has 0 radical (unpaired) electrons. The number of hydrogen-bond acceptors (Lipinski definition) is 4. The summed E-state index contributed by atoms with van der Waals surface area (Å²) in [5.41, 5.74) is 0. The molecular weight excluding hydrogens is 188 g/mol. The first-order valence-electron chi connectivity index (χ1n) is 4.82. The monoisotopic (exact) mass is 204 g/mol. The Bertz CT molecular complexity index is 258. The Morgan fingerprint density at radius 2 is 1.92 bits per heavy atom. The minimum absolute atomic E-state index is 0.347. The van der Waals surface area contributed by atoms with E-state index in [0.29, 0.717) is 17.5 Å². The summed E-state index contributed by atoms with van der Waals surface area (Å²) in [5, 5.41) is 3.32. The van der Waals surface area contributed by atoms with Crippen molar-refractivity contribution in [2.45, 2.75) is 12.5 Å². The average Bonchev–Trinajstić information content (AvgIpc) is 1.99. The number of hydrogen-bond donors (Lipinski definition) is 1. The molecule has 0 aliphatic carbocycles. The number of rotatable bonds is 2. The highest BCUT2D eigenvalue weighted by atomic mass is 32.2. The Labute approximate surface area is 79.2 Å². The maximum atomic E-state index is 11.1. The fraction of sp³-hybridized carbons (Fsp3) is 1.00. The van der Waals surface area contributed by atoms with Gasteiger partial charge in [-0.1, -0.05) is 0 Å². The van der Waals surface area contributed by atoms with Gasteiger partial charge in [0.1, 0.15) is 0 Å². The van der Waals surface area contributed by atoms with Crippen LogP contribution in [0, 0.1) is 0 Å². The Morgan fingerprint density at radius 1 is 1.31 bits per heavy atom. The molecular formula is C8H16N2O2S.